The van der Waals surface area contributed by atoms with Crippen molar-refractivity contribution in [2.75, 3.05) is 42.9 Å². The van der Waals surface area contributed by atoms with Crippen molar-refractivity contribution in [3.05, 3.63) is 67.0 Å². The molecule has 1 unspecified atom stereocenters. The quantitative estimate of drug-likeness (QED) is 0.108. The van der Waals surface area contributed by atoms with Crippen molar-refractivity contribution in [1.29, 1.82) is 0 Å². The maximum atomic E-state index is 12.9. The van der Waals surface area contributed by atoms with Gasteiger partial charge in [-0.1, -0.05) is 53.0 Å². The van der Waals surface area contributed by atoms with E-state index in [9.17, 15) is 14.4 Å². The Labute approximate surface area is 282 Å². The number of rotatable bonds is 14. The van der Waals surface area contributed by atoms with Gasteiger partial charge in [0, 0.05) is 24.7 Å². The highest BCUT2D eigenvalue weighted by atomic mass is 32.1. The lowest BCUT2D eigenvalue weighted by Gasteiger charge is -2.20. The van der Waals surface area contributed by atoms with Crippen molar-refractivity contribution in [3.63, 3.8) is 0 Å². The van der Waals surface area contributed by atoms with Crippen LogP contribution in [0.5, 0.6) is 0 Å². The highest BCUT2D eigenvalue weighted by molar-refractivity contribution is 7.79. The summed E-state index contributed by atoms with van der Waals surface area (Å²) >= 11 is 3.53. The zero-order valence-corrected chi connectivity index (χ0v) is 29.0. The first-order chi connectivity index (χ1) is 22.4. The minimum Gasteiger partial charge on any atom is -0.461 e. The number of carbonyl (C=O) groups excluding carboxylic acids is 3. The number of nitrogens with one attached hydrogen (secondary N) is 1. The summed E-state index contributed by atoms with van der Waals surface area (Å²) in [6.45, 7) is 16.4. The topological polar surface area (TPSA) is 189 Å². The summed E-state index contributed by atoms with van der Waals surface area (Å²) in [6.07, 6.45) is 6.03. The van der Waals surface area contributed by atoms with Crippen LogP contribution in [0.3, 0.4) is 0 Å². The fourth-order valence-corrected chi connectivity index (χ4v) is 3.48. The summed E-state index contributed by atoms with van der Waals surface area (Å²) in [7, 11) is 1.85. The number of hydrogen-bond acceptors (Lipinski definition) is 13. The van der Waals surface area contributed by atoms with Crippen LogP contribution < -0.4 is 21.7 Å². The molecule has 2 aromatic heterocycles. The van der Waals surface area contributed by atoms with Crippen LogP contribution in [0.15, 0.2) is 55.8 Å². The van der Waals surface area contributed by atoms with Gasteiger partial charge in [0.25, 0.3) is 5.91 Å². The second-order valence-electron chi connectivity index (χ2n) is 10.8. The number of nitrogens with two attached hydrogens (primary N) is 2. The fourth-order valence-electron chi connectivity index (χ4n) is 3.48. The number of ether oxygens (including phenoxy) is 2. The van der Waals surface area contributed by atoms with Gasteiger partial charge in [0.05, 0.1) is 18.4 Å². The molecule has 0 saturated heterocycles. The van der Waals surface area contributed by atoms with E-state index in [1.807, 2.05) is 11.9 Å². The van der Waals surface area contributed by atoms with Crippen LogP contribution in [0.1, 0.15) is 56.6 Å². The lowest BCUT2D eigenvalue weighted by atomic mass is 10.0. The van der Waals surface area contributed by atoms with Crippen molar-refractivity contribution in [1.82, 2.24) is 25.3 Å². The maximum Gasteiger partial charge on any atom is 0.328 e. The normalized spacial score (nSPS) is 10.9. The van der Waals surface area contributed by atoms with Crippen molar-refractivity contribution < 1.29 is 23.9 Å². The Kier molecular flexibility index (Phi) is 18.1. The molecule has 1 atom stereocenters. The van der Waals surface area contributed by atoms with Crippen LogP contribution in [-0.2, 0) is 25.6 Å². The third-order valence-electron chi connectivity index (χ3n) is 6.74. The van der Waals surface area contributed by atoms with Gasteiger partial charge in [-0.15, -0.1) is 0 Å². The van der Waals surface area contributed by atoms with Gasteiger partial charge >= 0.3 is 11.9 Å². The van der Waals surface area contributed by atoms with E-state index in [4.69, 9.17) is 20.9 Å². The van der Waals surface area contributed by atoms with Crippen LogP contribution in [-0.4, -0.2) is 70.3 Å². The lowest BCUT2D eigenvalue weighted by Crippen LogP contribution is -2.42. The molecule has 13 nitrogen and oxygen atoms in total. The van der Waals surface area contributed by atoms with Gasteiger partial charge in [0.2, 0.25) is 5.95 Å². The number of amides is 1. The van der Waals surface area contributed by atoms with E-state index in [1.54, 1.807) is 36.7 Å². The zero-order chi connectivity index (χ0) is 35.5. The third kappa shape index (κ3) is 14.1. The summed E-state index contributed by atoms with van der Waals surface area (Å²) in [5.74, 6) is 0.170. The Morgan fingerprint density at radius 1 is 0.957 bits per heavy atom. The standard InChI is InChI=1S/C26H30N8O5.C6H14.CH4S/c1-4-12-38-20(35)11-10-19(25(37)39-13-5-2)31-24(36)16-6-8-18(9-7-16)34(3)15-17-14-29-23-21(30-17)22(27)32-26(28)33-23;1-5(2)6(3)4;1-2/h4-9,14,19H,1-2,10-13,15H2,3H3,(H,31,36)(H4,27,28,29,32,33);5-6H,1-4H3;2H,1H3. The van der Waals surface area contributed by atoms with Gasteiger partial charge in [-0.3, -0.25) is 9.59 Å². The van der Waals surface area contributed by atoms with Crippen molar-refractivity contribution in [2.45, 2.75) is 53.1 Å². The molecular weight excluding hydrogens is 620 g/mol. The number of nitrogen functional groups attached to an aromatic ring is 2. The molecule has 0 aliphatic rings. The average molecular weight is 669 g/mol. The van der Waals surface area contributed by atoms with Gasteiger partial charge in [-0.05, 0) is 48.8 Å². The van der Waals surface area contributed by atoms with Gasteiger partial charge in [-0.2, -0.15) is 22.6 Å². The van der Waals surface area contributed by atoms with E-state index >= 15 is 0 Å². The van der Waals surface area contributed by atoms with Crippen molar-refractivity contribution in [2.24, 2.45) is 11.8 Å². The number of fused-ring (bicyclic) bond motifs is 1. The first-order valence-electron chi connectivity index (χ1n) is 15.0. The van der Waals surface area contributed by atoms with Crippen LogP contribution in [0.2, 0.25) is 0 Å². The summed E-state index contributed by atoms with van der Waals surface area (Å²) < 4.78 is 10.0. The molecule has 14 heteroatoms. The van der Waals surface area contributed by atoms with E-state index in [0.717, 1.165) is 17.5 Å². The van der Waals surface area contributed by atoms with Gasteiger partial charge < -0.3 is 31.2 Å². The van der Waals surface area contributed by atoms with Crippen LogP contribution in [0, 0.1) is 11.8 Å². The molecule has 0 spiro atoms. The molecule has 3 aromatic rings. The summed E-state index contributed by atoms with van der Waals surface area (Å²) in [4.78, 5) is 55.7. The molecule has 0 radical (unpaired) electrons. The number of thiol groups is 1. The second-order valence-corrected chi connectivity index (χ2v) is 10.8. The number of benzene rings is 1. The van der Waals surface area contributed by atoms with E-state index < -0.39 is 23.9 Å². The van der Waals surface area contributed by atoms with Crippen LogP contribution in [0.25, 0.3) is 11.2 Å². The van der Waals surface area contributed by atoms with E-state index in [0.29, 0.717) is 29.0 Å². The van der Waals surface area contributed by atoms with Gasteiger partial charge in [-0.25, -0.2) is 14.8 Å². The predicted molar refractivity (Wildman–Crippen MR) is 190 cm³/mol. The highest BCUT2D eigenvalue weighted by Crippen LogP contribution is 2.19. The molecule has 0 fully saturated rings. The maximum absolute atomic E-state index is 12.9. The molecule has 0 aliphatic heterocycles. The number of nitrogens with zero attached hydrogens (tertiary/aromatic N) is 5. The fraction of sp³-hybridized carbons (Fsp3) is 0.424. The summed E-state index contributed by atoms with van der Waals surface area (Å²) in [5, 5.41) is 2.63. The molecule has 1 aromatic carbocycles. The molecule has 0 saturated carbocycles. The number of esters is 2. The minimum atomic E-state index is -1.05. The Bertz CT molecular complexity index is 1460. The van der Waals surface area contributed by atoms with Crippen LogP contribution >= 0.6 is 12.6 Å². The lowest BCUT2D eigenvalue weighted by molar-refractivity contribution is -0.146. The second kappa shape index (κ2) is 21.1. The minimum absolute atomic E-state index is 0.00740. The molecule has 1 amide bonds. The van der Waals surface area contributed by atoms with Gasteiger partial charge in [0.1, 0.15) is 19.3 Å². The first kappa shape index (κ1) is 40.3. The van der Waals surface area contributed by atoms with E-state index in [1.165, 1.54) is 12.2 Å². The smallest absolute Gasteiger partial charge is 0.328 e. The first-order valence-corrected chi connectivity index (χ1v) is 15.9. The Balaban J connectivity index is 0.00000124. The van der Waals surface area contributed by atoms with Crippen molar-refractivity contribution in [3.8, 4) is 0 Å². The largest absolute Gasteiger partial charge is 0.461 e. The van der Waals surface area contributed by atoms with E-state index in [-0.39, 0.29) is 37.8 Å². The predicted octanol–water partition coefficient (Wildman–Crippen LogP) is 4.40. The Morgan fingerprint density at radius 2 is 1.55 bits per heavy atom. The number of aromatic nitrogens is 4. The van der Waals surface area contributed by atoms with E-state index in [2.05, 4.69) is 78.7 Å². The third-order valence-corrected chi connectivity index (χ3v) is 6.74. The molecule has 0 bridgehead atoms. The molecular formula is C33H48N8O5S. The summed E-state index contributed by atoms with van der Waals surface area (Å²) in [5.41, 5.74) is 13.9. The molecule has 0 aliphatic carbocycles. The SMILES string of the molecule is C=CCOC(=O)CCC(NC(=O)c1ccc(N(C)Cc2cnc3nc(N)nc(N)c3n2)cc1)C(=O)OCC=C.CC(C)C(C)C.CS. The number of carbonyl (C=O) groups is 3. The van der Waals surface area contributed by atoms with Gasteiger partial charge in [0.15, 0.2) is 17.0 Å². The molecule has 5 N–H and O–H groups in total. The molecule has 256 valence electrons. The average Bonchev–Trinajstić information content (AvgIpc) is 3.05. The molecule has 3 rings (SSSR count). The zero-order valence-electron chi connectivity index (χ0n) is 28.1. The Morgan fingerprint density at radius 3 is 2.13 bits per heavy atom. The monoisotopic (exact) mass is 668 g/mol. The molecule has 47 heavy (non-hydrogen) atoms. The highest BCUT2D eigenvalue weighted by Gasteiger charge is 2.24. The number of hydrogen-bond donors (Lipinski definition) is 4. The van der Waals surface area contributed by atoms with Crippen molar-refractivity contribution >= 4 is 59.1 Å². The number of anilines is 3. The molecule has 2 heterocycles. The Hall–Kier alpha value is -4.72. The van der Waals surface area contributed by atoms with Crippen LogP contribution in [0.4, 0.5) is 17.5 Å². The summed E-state index contributed by atoms with van der Waals surface area (Å²) in [6, 6.07) is 5.69.